The van der Waals surface area contributed by atoms with Crippen LogP contribution >= 0.6 is 11.5 Å². The van der Waals surface area contributed by atoms with Gasteiger partial charge in [0, 0.05) is 5.38 Å². The van der Waals surface area contributed by atoms with E-state index in [0.29, 0.717) is 5.69 Å². The van der Waals surface area contributed by atoms with E-state index in [2.05, 4.69) is 9.59 Å². The first-order valence-corrected chi connectivity index (χ1v) is 2.61. The van der Waals surface area contributed by atoms with E-state index >= 15 is 0 Å². The van der Waals surface area contributed by atoms with Gasteiger partial charge in [0.15, 0.2) is 0 Å². The molecule has 37 valence electrons. The number of nitrogens with zero attached hydrogens (tertiary/aromatic N) is 2. The Morgan fingerprint density at radius 3 is 3.00 bits per heavy atom. The van der Waals surface area contributed by atoms with E-state index in [1.165, 1.54) is 11.5 Å². The first-order valence-electron chi connectivity index (χ1n) is 1.77. The van der Waals surface area contributed by atoms with Gasteiger partial charge in [0.05, 0.1) is 0 Å². The summed E-state index contributed by atoms with van der Waals surface area (Å²) in [5.41, 5.74) is 0.532. The Labute approximate surface area is 44.8 Å². The molecule has 0 saturated heterocycles. The van der Waals surface area contributed by atoms with E-state index in [0.717, 1.165) is 0 Å². The molecule has 0 N–H and O–H groups in total. The van der Waals surface area contributed by atoms with Crippen LogP contribution in [0.1, 0.15) is 5.69 Å². The maximum absolute atomic E-state index is 9.90. The van der Waals surface area contributed by atoms with Gasteiger partial charge in [-0.1, -0.05) is 4.49 Å². The predicted octanol–water partition coefficient (Wildman–Crippen LogP) is 0.469. The molecule has 0 aliphatic carbocycles. The van der Waals surface area contributed by atoms with Crippen molar-refractivity contribution in [2.75, 3.05) is 0 Å². The molecule has 0 aliphatic heterocycles. The van der Waals surface area contributed by atoms with E-state index in [9.17, 15) is 5.11 Å². The van der Waals surface area contributed by atoms with Crippen molar-refractivity contribution in [3.8, 4) is 0 Å². The molecule has 0 bridgehead atoms. The first kappa shape index (κ1) is 4.67. The van der Waals surface area contributed by atoms with Crippen molar-refractivity contribution >= 4 is 11.5 Å². The second kappa shape index (κ2) is 1.99. The second-order valence-electron chi connectivity index (χ2n) is 1.04. The standard InChI is InChI=1S/C3H3N2OS/c6-1-3-2-7-5-4-3/h2H,1H2. The largest absolute Gasteiger partial charge is 0.230 e. The van der Waals surface area contributed by atoms with Crippen LogP contribution in [0.25, 0.3) is 0 Å². The SMILES string of the molecule is [O]Cc1csnn1. The lowest BCUT2D eigenvalue weighted by atomic mass is 10.6. The highest BCUT2D eigenvalue weighted by molar-refractivity contribution is 7.03. The van der Waals surface area contributed by atoms with Crippen LogP contribution in [0.15, 0.2) is 5.38 Å². The fraction of sp³-hybridized carbons (Fsp3) is 0.333. The molecular weight excluding hydrogens is 112 g/mol. The van der Waals surface area contributed by atoms with Gasteiger partial charge in [-0.25, -0.2) is 5.11 Å². The Kier molecular flexibility index (Phi) is 1.33. The van der Waals surface area contributed by atoms with Gasteiger partial charge >= 0.3 is 0 Å². The van der Waals surface area contributed by atoms with Crippen LogP contribution in [0.4, 0.5) is 0 Å². The summed E-state index contributed by atoms with van der Waals surface area (Å²) in [5.74, 6) is 0. The number of aromatic nitrogens is 2. The van der Waals surface area contributed by atoms with E-state index in [1.807, 2.05) is 0 Å². The molecule has 1 aromatic rings. The van der Waals surface area contributed by atoms with Crippen molar-refractivity contribution in [3.05, 3.63) is 11.1 Å². The Hall–Kier alpha value is -0.480. The van der Waals surface area contributed by atoms with Crippen LogP contribution in [0.2, 0.25) is 0 Å². The zero-order chi connectivity index (χ0) is 5.11. The van der Waals surface area contributed by atoms with Crippen molar-refractivity contribution in [1.29, 1.82) is 0 Å². The Balaban J connectivity index is 2.76. The highest BCUT2D eigenvalue weighted by Crippen LogP contribution is 1.94. The van der Waals surface area contributed by atoms with Crippen LogP contribution in [0.5, 0.6) is 0 Å². The van der Waals surface area contributed by atoms with Gasteiger partial charge in [-0.15, -0.1) is 5.10 Å². The average molecular weight is 115 g/mol. The predicted molar refractivity (Wildman–Crippen MR) is 24.3 cm³/mol. The van der Waals surface area contributed by atoms with E-state index in [1.54, 1.807) is 5.38 Å². The van der Waals surface area contributed by atoms with Crippen molar-refractivity contribution < 1.29 is 5.11 Å². The maximum atomic E-state index is 9.90. The number of rotatable bonds is 1. The quantitative estimate of drug-likeness (QED) is 0.534. The molecule has 4 heteroatoms. The van der Waals surface area contributed by atoms with E-state index in [-0.39, 0.29) is 6.61 Å². The van der Waals surface area contributed by atoms with Crippen molar-refractivity contribution in [2.45, 2.75) is 6.61 Å². The fourth-order valence-corrected chi connectivity index (χ4v) is 0.683. The third-order valence-electron chi connectivity index (χ3n) is 0.553. The summed E-state index contributed by atoms with van der Waals surface area (Å²) in [4.78, 5) is 0. The molecule has 1 aromatic heterocycles. The first-order chi connectivity index (χ1) is 3.43. The van der Waals surface area contributed by atoms with Gasteiger partial charge in [0.25, 0.3) is 0 Å². The monoisotopic (exact) mass is 115 g/mol. The molecule has 0 unspecified atom stereocenters. The van der Waals surface area contributed by atoms with Gasteiger partial charge in [0.1, 0.15) is 12.3 Å². The third kappa shape index (κ3) is 0.942. The van der Waals surface area contributed by atoms with Gasteiger partial charge in [-0.3, -0.25) is 0 Å². The van der Waals surface area contributed by atoms with Crippen LogP contribution in [-0.4, -0.2) is 9.59 Å². The van der Waals surface area contributed by atoms with Gasteiger partial charge < -0.3 is 0 Å². The van der Waals surface area contributed by atoms with Crippen molar-refractivity contribution in [1.82, 2.24) is 9.59 Å². The molecule has 0 saturated carbocycles. The molecule has 0 fully saturated rings. The van der Waals surface area contributed by atoms with Crippen molar-refractivity contribution in [2.24, 2.45) is 0 Å². The minimum absolute atomic E-state index is 0.253. The van der Waals surface area contributed by atoms with Crippen molar-refractivity contribution in [3.63, 3.8) is 0 Å². The Morgan fingerprint density at radius 1 is 1.86 bits per heavy atom. The molecule has 0 amide bonds. The minimum Gasteiger partial charge on any atom is -0.230 e. The van der Waals surface area contributed by atoms with Gasteiger partial charge in [-0.05, 0) is 11.5 Å². The van der Waals surface area contributed by atoms with Crippen LogP contribution in [-0.2, 0) is 11.7 Å². The lowest BCUT2D eigenvalue weighted by Crippen LogP contribution is -1.77. The van der Waals surface area contributed by atoms with Crippen LogP contribution in [0, 0.1) is 0 Å². The molecule has 3 nitrogen and oxygen atoms in total. The summed E-state index contributed by atoms with van der Waals surface area (Å²) in [6, 6.07) is 0. The van der Waals surface area contributed by atoms with Crippen LogP contribution < -0.4 is 0 Å². The number of hydrogen-bond donors (Lipinski definition) is 0. The second-order valence-corrected chi connectivity index (χ2v) is 1.65. The maximum Gasteiger partial charge on any atom is 0.127 e. The summed E-state index contributed by atoms with van der Waals surface area (Å²) in [6.07, 6.45) is 0. The Bertz CT molecular complexity index is 127. The van der Waals surface area contributed by atoms with Gasteiger partial charge in [0.2, 0.25) is 0 Å². The summed E-state index contributed by atoms with van der Waals surface area (Å²) < 4.78 is 3.48. The zero-order valence-electron chi connectivity index (χ0n) is 3.50. The molecule has 1 rings (SSSR count). The average Bonchev–Trinajstić information content (AvgIpc) is 2.14. The lowest BCUT2D eigenvalue weighted by Gasteiger charge is -1.71. The molecule has 0 aliphatic rings. The molecule has 7 heavy (non-hydrogen) atoms. The fourth-order valence-electron chi connectivity index (χ4n) is 0.247. The molecule has 1 heterocycles. The summed E-state index contributed by atoms with van der Waals surface area (Å²) >= 11 is 1.20. The molecule has 0 atom stereocenters. The normalized spacial score (nSPS) is 9.29. The highest BCUT2D eigenvalue weighted by atomic mass is 32.1. The van der Waals surface area contributed by atoms with E-state index in [4.69, 9.17) is 0 Å². The Morgan fingerprint density at radius 2 is 2.71 bits per heavy atom. The summed E-state index contributed by atoms with van der Waals surface area (Å²) in [5, 5.41) is 15.0. The topological polar surface area (TPSA) is 45.7 Å². The smallest absolute Gasteiger partial charge is 0.127 e. The van der Waals surface area contributed by atoms with E-state index < -0.39 is 0 Å². The summed E-state index contributed by atoms with van der Waals surface area (Å²) in [7, 11) is 0. The molecule has 0 aromatic carbocycles. The minimum atomic E-state index is -0.253. The lowest BCUT2D eigenvalue weighted by molar-refractivity contribution is 0.174. The zero-order valence-corrected chi connectivity index (χ0v) is 4.31. The van der Waals surface area contributed by atoms with Gasteiger partial charge in [-0.2, -0.15) is 0 Å². The third-order valence-corrected chi connectivity index (χ3v) is 1.11. The summed E-state index contributed by atoms with van der Waals surface area (Å²) in [6.45, 7) is -0.253. The number of hydrogen-bond acceptors (Lipinski definition) is 3. The highest BCUT2D eigenvalue weighted by Gasteiger charge is 1.89. The molecule has 0 spiro atoms. The molecular formula is C3H3N2OS. The van der Waals surface area contributed by atoms with Crippen LogP contribution in [0.3, 0.4) is 0 Å². The molecule has 1 radical (unpaired) electrons.